The molecule has 0 aromatic heterocycles. The second-order valence-corrected chi connectivity index (χ2v) is 7.32. The van der Waals surface area contributed by atoms with E-state index in [0.717, 1.165) is 12.5 Å². The lowest BCUT2D eigenvalue weighted by molar-refractivity contribution is 0.165. The van der Waals surface area contributed by atoms with Crippen LogP contribution in [0.3, 0.4) is 0 Å². The van der Waals surface area contributed by atoms with Gasteiger partial charge in [0.15, 0.2) is 0 Å². The van der Waals surface area contributed by atoms with Gasteiger partial charge in [-0.1, -0.05) is 0 Å². The highest BCUT2D eigenvalue weighted by Gasteiger charge is 2.46. The maximum Gasteiger partial charge on any atom is 0.264 e. The summed E-state index contributed by atoms with van der Waals surface area (Å²) in [4.78, 5) is 0. The first-order valence-corrected chi connectivity index (χ1v) is 8.50. The van der Waals surface area contributed by atoms with Gasteiger partial charge in [-0.25, -0.2) is 0 Å². The SMILES string of the molecule is CS(=O)(=O)OCCCC1(OS(C)(=O)=O)CC1. The van der Waals surface area contributed by atoms with E-state index in [1.807, 2.05) is 0 Å². The van der Waals surface area contributed by atoms with Crippen LogP contribution in [0.15, 0.2) is 0 Å². The van der Waals surface area contributed by atoms with Crippen LogP contribution in [-0.2, 0) is 28.6 Å². The first kappa shape index (κ1) is 13.9. The molecule has 16 heavy (non-hydrogen) atoms. The topological polar surface area (TPSA) is 86.7 Å². The fourth-order valence-corrected chi connectivity index (χ4v) is 2.75. The van der Waals surface area contributed by atoms with Gasteiger partial charge in [0, 0.05) is 0 Å². The maximum atomic E-state index is 10.9. The van der Waals surface area contributed by atoms with Gasteiger partial charge in [0.2, 0.25) is 0 Å². The summed E-state index contributed by atoms with van der Waals surface area (Å²) in [5.74, 6) is 0. The van der Waals surface area contributed by atoms with Crippen LogP contribution in [0.25, 0.3) is 0 Å². The van der Waals surface area contributed by atoms with E-state index in [0.29, 0.717) is 25.7 Å². The van der Waals surface area contributed by atoms with E-state index in [2.05, 4.69) is 4.18 Å². The standard InChI is InChI=1S/C8H16O6S2/c1-15(9,10)13-7-3-4-8(5-6-8)14-16(2,11)12/h3-7H2,1-2H3. The molecule has 1 aliphatic carbocycles. The zero-order valence-corrected chi connectivity index (χ0v) is 10.9. The third-order valence-electron chi connectivity index (χ3n) is 2.21. The summed E-state index contributed by atoms with van der Waals surface area (Å²) in [5, 5.41) is 0. The zero-order chi connectivity index (χ0) is 12.4. The summed E-state index contributed by atoms with van der Waals surface area (Å²) in [7, 11) is -6.86. The quantitative estimate of drug-likeness (QED) is 0.488. The monoisotopic (exact) mass is 272 g/mol. The molecule has 8 heteroatoms. The third kappa shape index (κ3) is 5.78. The van der Waals surface area contributed by atoms with Crippen molar-refractivity contribution in [1.29, 1.82) is 0 Å². The maximum absolute atomic E-state index is 10.9. The Morgan fingerprint density at radius 1 is 1.06 bits per heavy atom. The second-order valence-electron chi connectivity index (χ2n) is 4.10. The lowest BCUT2D eigenvalue weighted by Gasteiger charge is -2.13. The Morgan fingerprint density at radius 3 is 2.00 bits per heavy atom. The predicted molar refractivity (Wildman–Crippen MR) is 57.9 cm³/mol. The van der Waals surface area contributed by atoms with Crippen molar-refractivity contribution < 1.29 is 25.2 Å². The van der Waals surface area contributed by atoms with Gasteiger partial charge < -0.3 is 0 Å². The van der Waals surface area contributed by atoms with Gasteiger partial charge >= 0.3 is 0 Å². The molecule has 0 amide bonds. The molecule has 0 aliphatic heterocycles. The van der Waals surface area contributed by atoms with E-state index in [-0.39, 0.29) is 6.61 Å². The highest BCUT2D eigenvalue weighted by Crippen LogP contribution is 2.44. The summed E-state index contributed by atoms with van der Waals surface area (Å²) in [6.45, 7) is 0.0632. The van der Waals surface area contributed by atoms with Crippen molar-refractivity contribution >= 4 is 20.2 Å². The average Bonchev–Trinajstić information content (AvgIpc) is 2.74. The molecule has 0 saturated heterocycles. The fraction of sp³-hybridized carbons (Fsp3) is 1.00. The molecule has 6 nitrogen and oxygen atoms in total. The molecule has 0 atom stereocenters. The fourth-order valence-electron chi connectivity index (χ4n) is 1.44. The summed E-state index contributed by atoms with van der Waals surface area (Å²) < 4.78 is 52.6. The molecule has 0 aromatic carbocycles. The Kier molecular flexibility index (Phi) is 3.99. The van der Waals surface area contributed by atoms with Crippen molar-refractivity contribution in [1.82, 2.24) is 0 Å². The number of rotatable bonds is 7. The van der Waals surface area contributed by atoms with E-state index in [1.54, 1.807) is 0 Å². The van der Waals surface area contributed by atoms with E-state index in [9.17, 15) is 16.8 Å². The molecule has 1 fully saturated rings. The van der Waals surface area contributed by atoms with Crippen LogP contribution >= 0.6 is 0 Å². The molecule has 0 N–H and O–H groups in total. The van der Waals surface area contributed by atoms with Crippen LogP contribution in [0.4, 0.5) is 0 Å². The van der Waals surface area contributed by atoms with E-state index < -0.39 is 25.8 Å². The first-order chi connectivity index (χ1) is 7.12. The third-order valence-corrected chi connectivity index (χ3v) is 3.46. The average molecular weight is 272 g/mol. The van der Waals surface area contributed by atoms with Crippen molar-refractivity contribution in [3.63, 3.8) is 0 Å². The van der Waals surface area contributed by atoms with Gasteiger partial charge in [0.1, 0.15) is 0 Å². The van der Waals surface area contributed by atoms with Crippen molar-refractivity contribution in [2.75, 3.05) is 19.1 Å². The summed E-state index contributed by atoms with van der Waals surface area (Å²) in [6, 6.07) is 0. The molecule has 1 rings (SSSR count). The van der Waals surface area contributed by atoms with Crippen molar-refractivity contribution in [3.8, 4) is 0 Å². The summed E-state index contributed by atoms with van der Waals surface area (Å²) >= 11 is 0. The number of hydrogen-bond donors (Lipinski definition) is 0. The van der Waals surface area contributed by atoms with Crippen LogP contribution < -0.4 is 0 Å². The van der Waals surface area contributed by atoms with Crippen molar-refractivity contribution in [2.45, 2.75) is 31.3 Å². The highest BCUT2D eigenvalue weighted by molar-refractivity contribution is 7.86. The smallest absolute Gasteiger partial charge is 0.264 e. The Bertz CT molecular complexity index is 431. The van der Waals surface area contributed by atoms with Crippen LogP contribution in [0.2, 0.25) is 0 Å². The van der Waals surface area contributed by atoms with Gasteiger partial charge in [0.25, 0.3) is 20.2 Å². The zero-order valence-electron chi connectivity index (χ0n) is 9.30. The van der Waals surface area contributed by atoms with E-state index in [1.165, 1.54) is 0 Å². The Balaban J connectivity index is 2.28. The molecule has 96 valence electrons. The molecular weight excluding hydrogens is 256 g/mol. The van der Waals surface area contributed by atoms with Gasteiger partial charge in [-0.05, 0) is 25.7 Å². The van der Waals surface area contributed by atoms with Crippen molar-refractivity contribution in [3.05, 3.63) is 0 Å². The van der Waals surface area contributed by atoms with Crippen LogP contribution in [0.1, 0.15) is 25.7 Å². The highest BCUT2D eigenvalue weighted by atomic mass is 32.2. The molecule has 0 unspecified atom stereocenters. The minimum absolute atomic E-state index is 0.0632. The predicted octanol–water partition coefficient (Wildman–Crippen LogP) is 0.252. The molecule has 0 bridgehead atoms. The van der Waals surface area contributed by atoms with Gasteiger partial charge in [-0.15, -0.1) is 0 Å². The van der Waals surface area contributed by atoms with E-state index >= 15 is 0 Å². The Morgan fingerprint density at radius 2 is 1.62 bits per heavy atom. The first-order valence-electron chi connectivity index (χ1n) is 4.87. The van der Waals surface area contributed by atoms with Gasteiger partial charge in [-0.2, -0.15) is 16.8 Å². The normalized spacial score (nSPS) is 19.6. The second kappa shape index (κ2) is 4.59. The van der Waals surface area contributed by atoms with Crippen molar-refractivity contribution in [2.24, 2.45) is 0 Å². The van der Waals surface area contributed by atoms with Crippen LogP contribution in [-0.4, -0.2) is 41.6 Å². The van der Waals surface area contributed by atoms with Gasteiger partial charge in [0.05, 0.1) is 24.7 Å². The lowest BCUT2D eigenvalue weighted by Crippen LogP contribution is -2.19. The Labute approximate surface area is 96.2 Å². The molecule has 0 radical (unpaired) electrons. The minimum atomic E-state index is -3.44. The summed E-state index contributed by atoms with van der Waals surface area (Å²) in [6.07, 6.45) is 4.34. The largest absolute Gasteiger partial charge is 0.270 e. The summed E-state index contributed by atoms with van der Waals surface area (Å²) in [5.41, 5.74) is -0.603. The Hall–Kier alpha value is -0.180. The minimum Gasteiger partial charge on any atom is -0.270 e. The molecule has 1 saturated carbocycles. The van der Waals surface area contributed by atoms with Crippen LogP contribution in [0.5, 0.6) is 0 Å². The van der Waals surface area contributed by atoms with E-state index in [4.69, 9.17) is 4.18 Å². The van der Waals surface area contributed by atoms with Gasteiger partial charge in [-0.3, -0.25) is 8.37 Å². The molecule has 0 heterocycles. The molecule has 0 spiro atoms. The molecule has 1 aliphatic rings. The molecular formula is C8H16O6S2. The molecule has 0 aromatic rings. The lowest BCUT2D eigenvalue weighted by atomic mass is 10.2. The number of hydrogen-bond acceptors (Lipinski definition) is 6. The van der Waals surface area contributed by atoms with Crippen LogP contribution in [0, 0.1) is 0 Å².